The number of benzene rings is 1. The van der Waals surface area contributed by atoms with Crippen LogP contribution in [0.3, 0.4) is 0 Å². The standard InChI is InChI=1S/C9H13N3O3S/c1-16(14,15)11-6-7-3-2-4-8(5-7)9(10)12-13/h2-5,11,13H,6H2,1H3,(H2,10,12). The number of sulfonamides is 1. The summed E-state index contributed by atoms with van der Waals surface area (Å²) in [4.78, 5) is 0. The van der Waals surface area contributed by atoms with Crippen molar-refractivity contribution in [2.75, 3.05) is 6.26 Å². The van der Waals surface area contributed by atoms with Gasteiger partial charge in [-0.3, -0.25) is 0 Å². The van der Waals surface area contributed by atoms with E-state index >= 15 is 0 Å². The second kappa shape index (κ2) is 4.95. The number of nitrogens with one attached hydrogen (secondary N) is 1. The van der Waals surface area contributed by atoms with E-state index in [9.17, 15) is 8.42 Å². The van der Waals surface area contributed by atoms with Gasteiger partial charge in [0.2, 0.25) is 10.0 Å². The smallest absolute Gasteiger partial charge is 0.209 e. The number of rotatable bonds is 4. The molecule has 0 amide bonds. The van der Waals surface area contributed by atoms with Crippen LogP contribution in [0.2, 0.25) is 0 Å². The first kappa shape index (κ1) is 12.5. The number of hydrogen-bond donors (Lipinski definition) is 3. The minimum absolute atomic E-state index is 0.0128. The second-order valence-corrected chi connectivity index (χ2v) is 5.11. The van der Waals surface area contributed by atoms with E-state index in [1.807, 2.05) is 0 Å². The first-order valence-electron chi connectivity index (χ1n) is 4.44. The fourth-order valence-electron chi connectivity index (χ4n) is 1.11. The van der Waals surface area contributed by atoms with Crippen LogP contribution in [-0.4, -0.2) is 25.7 Å². The summed E-state index contributed by atoms with van der Waals surface area (Å²) in [6, 6.07) is 6.76. The van der Waals surface area contributed by atoms with Crippen LogP contribution in [0.4, 0.5) is 0 Å². The first-order valence-corrected chi connectivity index (χ1v) is 6.33. The zero-order valence-corrected chi connectivity index (χ0v) is 9.53. The number of hydrogen-bond acceptors (Lipinski definition) is 4. The summed E-state index contributed by atoms with van der Waals surface area (Å²) in [5.41, 5.74) is 6.67. The molecule has 0 heterocycles. The van der Waals surface area contributed by atoms with Gasteiger partial charge >= 0.3 is 0 Å². The summed E-state index contributed by atoms with van der Waals surface area (Å²) in [5, 5.41) is 11.4. The minimum Gasteiger partial charge on any atom is -0.409 e. The van der Waals surface area contributed by atoms with Crippen LogP contribution in [0.1, 0.15) is 11.1 Å². The molecule has 0 atom stereocenters. The summed E-state index contributed by atoms with van der Waals surface area (Å²) in [7, 11) is -3.22. The largest absolute Gasteiger partial charge is 0.409 e. The van der Waals surface area contributed by atoms with Crippen molar-refractivity contribution >= 4 is 15.9 Å². The molecule has 0 bridgehead atoms. The lowest BCUT2D eigenvalue weighted by molar-refractivity contribution is 0.318. The highest BCUT2D eigenvalue weighted by molar-refractivity contribution is 7.88. The third kappa shape index (κ3) is 3.87. The van der Waals surface area contributed by atoms with Gasteiger partial charge in [0.05, 0.1) is 6.26 Å². The van der Waals surface area contributed by atoms with E-state index in [1.54, 1.807) is 24.3 Å². The Morgan fingerprint density at radius 1 is 1.56 bits per heavy atom. The Morgan fingerprint density at radius 2 is 2.25 bits per heavy atom. The highest BCUT2D eigenvalue weighted by Gasteiger charge is 2.03. The molecular formula is C9H13N3O3S. The van der Waals surface area contributed by atoms with E-state index in [2.05, 4.69) is 9.88 Å². The molecule has 1 rings (SSSR count). The third-order valence-electron chi connectivity index (χ3n) is 1.87. The molecule has 0 radical (unpaired) electrons. The fraction of sp³-hybridized carbons (Fsp3) is 0.222. The molecule has 88 valence electrons. The molecule has 0 aliphatic heterocycles. The predicted octanol–water partition coefficient (Wildman–Crippen LogP) is -0.170. The summed E-state index contributed by atoms with van der Waals surface area (Å²) in [6.45, 7) is 0.172. The Balaban J connectivity index is 2.83. The highest BCUT2D eigenvalue weighted by atomic mass is 32.2. The van der Waals surface area contributed by atoms with Crippen LogP contribution in [0.25, 0.3) is 0 Å². The van der Waals surface area contributed by atoms with Crippen molar-refractivity contribution in [2.24, 2.45) is 10.9 Å². The lowest BCUT2D eigenvalue weighted by Crippen LogP contribution is -2.21. The van der Waals surface area contributed by atoms with Crippen LogP contribution < -0.4 is 10.5 Å². The van der Waals surface area contributed by atoms with Crippen LogP contribution in [-0.2, 0) is 16.6 Å². The van der Waals surface area contributed by atoms with E-state index in [-0.39, 0.29) is 12.4 Å². The van der Waals surface area contributed by atoms with Crippen molar-refractivity contribution in [3.63, 3.8) is 0 Å². The third-order valence-corrected chi connectivity index (χ3v) is 2.54. The molecule has 1 aromatic carbocycles. The SMILES string of the molecule is CS(=O)(=O)NCc1cccc(C(N)=NO)c1. The highest BCUT2D eigenvalue weighted by Crippen LogP contribution is 2.05. The summed E-state index contributed by atoms with van der Waals surface area (Å²) in [5.74, 6) is -0.0128. The van der Waals surface area contributed by atoms with Crippen molar-refractivity contribution < 1.29 is 13.6 Å². The quantitative estimate of drug-likeness (QED) is 0.295. The summed E-state index contributed by atoms with van der Waals surface area (Å²) >= 11 is 0. The lowest BCUT2D eigenvalue weighted by Gasteiger charge is -2.04. The van der Waals surface area contributed by atoms with Crippen molar-refractivity contribution in [1.29, 1.82) is 0 Å². The first-order chi connectivity index (χ1) is 7.42. The van der Waals surface area contributed by atoms with Gasteiger partial charge in [-0.2, -0.15) is 0 Å². The molecule has 0 spiro atoms. The zero-order chi connectivity index (χ0) is 12.2. The Bertz CT molecular complexity index is 496. The van der Waals surface area contributed by atoms with E-state index < -0.39 is 10.0 Å². The molecule has 16 heavy (non-hydrogen) atoms. The van der Waals surface area contributed by atoms with Gasteiger partial charge in [-0.05, 0) is 11.6 Å². The number of nitrogens with zero attached hydrogens (tertiary/aromatic N) is 1. The number of amidine groups is 1. The van der Waals surface area contributed by atoms with Crippen LogP contribution >= 0.6 is 0 Å². The van der Waals surface area contributed by atoms with Gasteiger partial charge in [0.15, 0.2) is 5.84 Å². The van der Waals surface area contributed by atoms with Crippen LogP contribution in [0, 0.1) is 0 Å². The maximum atomic E-state index is 10.9. The summed E-state index contributed by atoms with van der Waals surface area (Å²) < 4.78 is 24.1. The molecule has 0 saturated heterocycles. The van der Waals surface area contributed by atoms with Gasteiger partial charge in [0.25, 0.3) is 0 Å². The van der Waals surface area contributed by atoms with Crippen molar-refractivity contribution in [1.82, 2.24) is 4.72 Å². The molecular weight excluding hydrogens is 230 g/mol. The molecule has 6 nitrogen and oxygen atoms in total. The molecule has 0 saturated carbocycles. The van der Waals surface area contributed by atoms with Crippen molar-refractivity contribution in [3.05, 3.63) is 35.4 Å². The molecule has 4 N–H and O–H groups in total. The summed E-state index contributed by atoms with van der Waals surface area (Å²) in [6.07, 6.45) is 1.08. The molecule has 0 aliphatic carbocycles. The van der Waals surface area contributed by atoms with Gasteiger partial charge in [-0.15, -0.1) is 0 Å². The average Bonchev–Trinajstić information content (AvgIpc) is 2.25. The maximum absolute atomic E-state index is 10.9. The molecule has 0 fully saturated rings. The minimum atomic E-state index is -3.22. The topological polar surface area (TPSA) is 105 Å². The van der Waals surface area contributed by atoms with Crippen molar-refractivity contribution in [3.8, 4) is 0 Å². The second-order valence-electron chi connectivity index (χ2n) is 3.28. The number of oxime groups is 1. The van der Waals surface area contributed by atoms with Crippen LogP contribution in [0.5, 0.6) is 0 Å². The van der Waals surface area contributed by atoms with E-state index in [4.69, 9.17) is 10.9 Å². The van der Waals surface area contributed by atoms with Gasteiger partial charge in [0.1, 0.15) is 0 Å². The monoisotopic (exact) mass is 243 g/mol. The van der Waals surface area contributed by atoms with E-state index in [1.165, 1.54) is 0 Å². The molecule has 0 aromatic heterocycles. The Morgan fingerprint density at radius 3 is 2.81 bits per heavy atom. The molecule has 1 aromatic rings. The predicted molar refractivity (Wildman–Crippen MR) is 60.6 cm³/mol. The Kier molecular flexibility index (Phi) is 3.86. The molecule has 0 unspecified atom stereocenters. The molecule has 0 aliphatic rings. The van der Waals surface area contributed by atoms with E-state index in [0.29, 0.717) is 5.56 Å². The normalized spacial score (nSPS) is 12.7. The van der Waals surface area contributed by atoms with Crippen LogP contribution in [0.15, 0.2) is 29.4 Å². The van der Waals surface area contributed by atoms with Gasteiger partial charge in [-0.1, -0.05) is 23.4 Å². The van der Waals surface area contributed by atoms with Gasteiger partial charge in [0, 0.05) is 12.1 Å². The maximum Gasteiger partial charge on any atom is 0.209 e. The van der Waals surface area contributed by atoms with Crippen molar-refractivity contribution in [2.45, 2.75) is 6.54 Å². The zero-order valence-electron chi connectivity index (χ0n) is 8.71. The lowest BCUT2D eigenvalue weighted by atomic mass is 10.1. The van der Waals surface area contributed by atoms with Gasteiger partial charge < -0.3 is 10.9 Å². The van der Waals surface area contributed by atoms with Gasteiger partial charge in [-0.25, -0.2) is 13.1 Å². The average molecular weight is 243 g/mol. The Labute approximate surface area is 93.8 Å². The molecule has 7 heteroatoms. The fourth-order valence-corrected chi connectivity index (χ4v) is 1.54. The Hall–Kier alpha value is -1.60. The van der Waals surface area contributed by atoms with E-state index in [0.717, 1.165) is 11.8 Å². The number of nitrogens with two attached hydrogens (primary N) is 1.